The van der Waals surface area contributed by atoms with Crippen molar-refractivity contribution >= 4 is 17.9 Å². The average molecular weight is 322 g/mol. The molecule has 1 aromatic rings. The van der Waals surface area contributed by atoms with Crippen LogP contribution in [0.4, 0.5) is 4.79 Å². The molecule has 3 N–H and O–H groups in total. The summed E-state index contributed by atoms with van der Waals surface area (Å²) in [5.74, 6) is -1.11. The van der Waals surface area contributed by atoms with E-state index in [9.17, 15) is 14.4 Å². The van der Waals surface area contributed by atoms with Crippen molar-refractivity contribution in [2.75, 3.05) is 26.7 Å². The van der Waals surface area contributed by atoms with Gasteiger partial charge >= 0.3 is 6.09 Å². The highest BCUT2D eigenvalue weighted by atomic mass is 16.6. The minimum atomic E-state index is -0.731. The van der Waals surface area contributed by atoms with Gasteiger partial charge in [0.1, 0.15) is 13.1 Å². The van der Waals surface area contributed by atoms with Crippen molar-refractivity contribution in [1.82, 2.24) is 15.2 Å². The third kappa shape index (κ3) is 7.79. The molecule has 0 fully saturated rings. The van der Waals surface area contributed by atoms with Crippen LogP contribution >= 0.6 is 0 Å². The lowest BCUT2D eigenvalue weighted by atomic mass is 10.2. The summed E-state index contributed by atoms with van der Waals surface area (Å²) < 4.78 is 5.07. The molecular weight excluding hydrogens is 300 g/mol. The standard InChI is InChI=1S/C15H22N4O4/c1-17-14(21)11-19(10-13(16)20)15(22)23-9-5-3-7-12-6-2-4-8-18-12/h2,4,6,8H,3,5,7,9-11H2,1H3,(H2,16,20)(H,17,21). The second-order valence-electron chi connectivity index (χ2n) is 4.89. The highest BCUT2D eigenvalue weighted by Gasteiger charge is 2.19. The number of nitrogens with two attached hydrogens (primary N) is 1. The van der Waals surface area contributed by atoms with E-state index in [0.29, 0.717) is 6.42 Å². The van der Waals surface area contributed by atoms with Crippen LogP contribution in [0.5, 0.6) is 0 Å². The van der Waals surface area contributed by atoms with Crippen molar-refractivity contribution in [1.29, 1.82) is 0 Å². The smallest absolute Gasteiger partial charge is 0.410 e. The maximum absolute atomic E-state index is 11.9. The van der Waals surface area contributed by atoms with Crippen LogP contribution in [0, 0.1) is 0 Å². The Morgan fingerprint density at radius 1 is 1.26 bits per heavy atom. The van der Waals surface area contributed by atoms with Crippen molar-refractivity contribution in [2.24, 2.45) is 5.73 Å². The van der Waals surface area contributed by atoms with E-state index in [4.69, 9.17) is 10.5 Å². The van der Waals surface area contributed by atoms with Crippen LogP contribution in [0.15, 0.2) is 24.4 Å². The molecule has 0 aliphatic heterocycles. The third-order valence-electron chi connectivity index (χ3n) is 3.00. The number of primary amides is 1. The Morgan fingerprint density at radius 3 is 2.65 bits per heavy atom. The molecule has 23 heavy (non-hydrogen) atoms. The number of hydrogen-bond donors (Lipinski definition) is 2. The molecule has 8 nitrogen and oxygen atoms in total. The number of hydrogen-bond acceptors (Lipinski definition) is 5. The topological polar surface area (TPSA) is 115 Å². The first-order valence-electron chi connectivity index (χ1n) is 7.33. The zero-order valence-electron chi connectivity index (χ0n) is 13.2. The molecule has 0 radical (unpaired) electrons. The minimum Gasteiger partial charge on any atom is -0.449 e. The predicted molar refractivity (Wildman–Crippen MR) is 83.4 cm³/mol. The Bertz CT molecular complexity index is 521. The van der Waals surface area contributed by atoms with Crippen LogP contribution in [-0.4, -0.2) is 54.5 Å². The van der Waals surface area contributed by atoms with Crippen LogP contribution in [-0.2, 0) is 20.7 Å². The van der Waals surface area contributed by atoms with Gasteiger partial charge in [-0.25, -0.2) is 4.79 Å². The summed E-state index contributed by atoms with van der Waals surface area (Å²) in [6, 6.07) is 5.71. The largest absolute Gasteiger partial charge is 0.449 e. The maximum atomic E-state index is 11.9. The fourth-order valence-electron chi connectivity index (χ4n) is 1.83. The lowest BCUT2D eigenvalue weighted by Crippen LogP contribution is -2.44. The molecule has 3 amide bonds. The van der Waals surface area contributed by atoms with Crippen LogP contribution in [0.3, 0.4) is 0 Å². The fraction of sp³-hybridized carbons (Fsp3) is 0.467. The number of aromatic nitrogens is 1. The summed E-state index contributed by atoms with van der Waals surface area (Å²) in [7, 11) is 1.44. The number of rotatable bonds is 9. The lowest BCUT2D eigenvalue weighted by molar-refractivity contribution is -0.123. The number of carbonyl (C=O) groups excluding carboxylic acids is 3. The van der Waals surface area contributed by atoms with Crippen molar-refractivity contribution < 1.29 is 19.1 Å². The van der Waals surface area contributed by atoms with E-state index in [0.717, 1.165) is 23.4 Å². The van der Waals surface area contributed by atoms with Crippen molar-refractivity contribution in [3.8, 4) is 0 Å². The quantitative estimate of drug-likeness (QED) is 0.625. The molecule has 126 valence electrons. The second kappa shape index (κ2) is 10.1. The van der Waals surface area contributed by atoms with E-state index < -0.39 is 17.9 Å². The molecular formula is C15H22N4O4. The molecule has 0 aliphatic rings. The van der Waals surface area contributed by atoms with Crippen LogP contribution in [0.2, 0.25) is 0 Å². The molecule has 1 aromatic heterocycles. The van der Waals surface area contributed by atoms with Gasteiger partial charge in [-0.3, -0.25) is 19.5 Å². The Morgan fingerprint density at radius 2 is 2.04 bits per heavy atom. The number of pyridine rings is 1. The van der Waals surface area contributed by atoms with Crippen LogP contribution in [0.1, 0.15) is 18.5 Å². The normalized spacial score (nSPS) is 9.96. The van der Waals surface area contributed by atoms with E-state index >= 15 is 0 Å². The molecule has 0 unspecified atom stereocenters. The van der Waals surface area contributed by atoms with Crippen LogP contribution < -0.4 is 11.1 Å². The van der Waals surface area contributed by atoms with Gasteiger partial charge in [-0.2, -0.15) is 0 Å². The SMILES string of the molecule is CNC(=O)CN(CC(N)=O)C(=O)OCCCCc1ccccn1. The summed E-state index contributed by atoms with van der Waals surface area (Å²) in [6.45, 7) is -0.429. The summed E-state index contributed by atoms with van der Waals surface area (Å²) in [5.41, 5.74) is 6.04. The molecule has 0 saturated heterocycles. The second-order valence-corrected chi connectivity index (χ2v) is 4.89. The van der Waals surface area contributed by atoms with E-state index in [1.165, 1.54) is 7.05 Å². The van der Waals surface area contributed by atoms with E-state index in [-0.39, 0.29) is 19.7 Å². The number of likely N-dealkylation sites (N-methyl/N-ethyl adjacent to an activating group) is 1. The van der Waals surface area contributed by atoms with Gasteiger partial charge in [0.05, 0.1) is 6.61 Å². The van der Waals surface area contributed by atoms with Gasteiger partial charge < -0.3 is 15.8 Å². The zero-order chi connectivity index (χ0) is 17.1. The Hall–Kier alpha value is -2.64. The van der Waals surface area contributed by atoms with Crippen LogP contribution in [0.25, 0.3) is 0 Å². The number of nitrogens with one attached hydrogen (secondary N) is 1. The molecule has 0 spiro atoms. The highest BCUT2D eigenvalue weighted by molar-refractivity contribution is 5.85. The summed E-state index contributed by atoms with van der Waals surface area (Å²) >= 11 is 0. The molecule has 0 bridgehead atoms. The summed E-state index contributed by atoms with van der Waals surface area (Å²) in [6.07, 6.45) is 3.27. The number of aryl methyl sites for hydroxylation is 1. The fourth-order valence-corrected chi connectivity index (χ4v) is 1.83. The van der Waals surface area contributed by atoms with E-state index in [1.807, 2.05) is 18.2 Å². The first-order chi connectivity index (χ1) is 11.0. The van der Waals surface area contributed by atoms with Gasteiger partial charge in [0.25, 0.3) is 0 Å². The summed E-state index contributed by atoms with van der Waals surface area (Å²) in [5, 5.41) is 2.37. The van der Waals surface area contributed by atoms with Gasteiger partial charge in [0.15, 0.2) is 0 Å². The Balaban J connectivity index is 2.31. The van der Waals surface area contributed by atoms with Crippen molar-refractivity contribution in [3.05, 3.63) is 30.1 Å². The molecule has 0 aliphatic carbocycles. The summed E-state index contributed by atoms with van der Waals surface area (Å²) in [4.78, 5) is 39.3. The van der Waals surface area contributed by atoms with Gasteiger partial charge in [0, 0.05) is 18.9 Å². The molecule has 0 atom stereocenters. The average Bonchev–Trinajstić information content (AvgIpc) is 2.54. The van der Waals surface area contributed by atoms with Gasteiger partial charge in [-0.05, 0) is 31.4 Å². The predicted octanol–water partition coefficient (Wildman–Crippen LogP) is 0.0742. The minimum absolute atomic E-state index is 0.203. The third-order valence-corrected chi connectivity index (χ3v) is 3.00. The number of amides is 3. The highest BCUT2D eigenvalue weighted by Crippen LogP contribution is 2.02. The van der Waals surface area contributed by atoms with Gasteiger partial charge in [0.2, 0.25) is 11.8 Å². The number of ether oxygens (including phenoxy) is 1. The molecule has 8 heteroatoms. The van der Waals surface area contributed by atoms with E-state index in [2.05, 4.69) is 10.3 Å². The molecule has 0 aromatic carbocycles. The molecule has 1 heterocycles. The maximum Gasteiger partial charge on any atom is 0.410 e. The van der Waals surface area contributed by atoms with E-state index in [1.54, 1.807) is 6.20 Å². The monoisotopic (exact) mass is 322 g/mol. The molecule has 1 rings (SSSR count). The first-order valence-corrected chi connectivity index (χ1v) is 7.33. The van der Waals surface area contributed by atoms with Gasteiger partial charge in [-0.15, -0.1) is 0 Å². The number of nitrogens with zero attached hydrogens (tertiary/aromatic N) is 2. The Kier molecular flexibility index (Phi) is 8.12. The number of carbonyl (C=O) groups is 3. The first kappa shape index (κ1) is 18.4. The number of unbranched alkanes of at least 4 members (excludes halogenated alkanes) is 1. The lowest BCUT2D eigenvalue weighted by Gasteiger charge is -2.19. The van der Waals surface area contributed by atoms with Crippen molar-refractivity contribution in [2.45, 2.75) is 19.3 Å². The van der Waals surface area contributed by atoms with Gasteiger partial charge in [-0.1, -0.05) is 6.07 Å². The molecule has 0 saturated carbocycles. The Labute approximate surface area is 135 Å². The van der Waals surface area contributed by atoms with Crippen molar-refractivity contribution in [3.63, 3.8) is 0 Å². The zero-order valence-corrected chi connectivity index (χ0v) is 13.2.